The Morgan fingerprint density at radius 3 is 1.46 bits per heavy atom. The van der Waals surface area contributed by atoms with Gasteiger partial charge in [0, 0.05) is 18.6 Å². The number of hydrogen-bond acceptors (Lipinski definition) is 4. The van der Waals surface area contributed by atoms with E-state index in [4.69, 9.17) is 0 Å². The van der Waals surface area contributed by atoms with E-state index in [1.165, 1.54) is 12.1 Å². The van der Waals surface area contributed by atoms with Crippen LogP contribution in [0.25, 0.3) is 0 Å². The van der Waals surface area contributed by atoms with Crippen molar-refractivity contribution in [2.75, 3.05) is 0 Å². The first-order valence-corrected chi connectivity index (χ1v) is 8.07. The molecule has 0 heterocycles. The first-order chi connectivity index (χ1) is 12.5. The van der Waals surface area contributed by atoms with Crippen LogP contribution in [-0.2, 0) is 12.8 Å². The summed E-state index contributed by atoms with van der Waals surface area (Å²) in [6, 6.07) is 21.3. The minimum atomic E-state index is -0.542. The summed E-state index contributed by atoms with van der Waals surface area (Å²) in [5.41, 5.74) is 1.97. The molecule has 0 N–H and O–H groups in total. The molecule has 6 heteroatoms. The molecule has 130 valence electrons. The second-order valence-electron chi connectivity index (χ2n) is 5.95. The molecule has 0 fully saturated rings. The number of hydrogen-bond donors (Lipinski definition) is 0. The van der Waals surface area contributed by atoms with Crippen LogP contribution in [0.5, 0.6) is 0 Å². The molecule has 0 radical (unpaired) electrons. The molecule has 0 bridgehead atoms. The molecule has 0 atom stereocenters. The minimum absolute atomic E-state index is 0.128. The molecule has 0 saturated heterocycles. The molecule has 0 saturated carbocycles. The lowest BCUT2D eigenvalue weighted by atomic mass is 9.96. The van der Waals surface area contributed by atoms with Crippen molar-refractivity contribution in [1.82, 2.24) is 0 Å². The predicted molar refractivity (Wildman–Crippen MR) is 98.2 cm³/mol. The molecule has 3 aromatic rings. The fourth-order valence-electron chi connectivity index (χ4n) is 2.94. The molecule has 3 rings (SSSR count). The van der Waals surface area contributed by atoms with Crippen molar-refractivity contribution in [3.63, 3.8) is 0 Å². The molecule has 0 unspecified atom stereocenters. The smallest absolute Gasteiger partial charge is 0.258 e. The van der Waals surface area contributed by atoms with Crippen LogP contribution < -0.4 is 0 Å². The van der Waals surface area contributed by atoms with E-state index in [0.29, 0.717) is 12.0 Å². The summed E-state index contributed by atoms with van der Waals surface area (Å²) in [6.07, 6.45) is 0.535. The predicted octanol–water partition coefficient (Wildman–Crippen LogP) is 4.68. The van der Waals surface area contributed by atoms with Gasteiger partial charge in [0.05, 0.1) is 9.85 Å². The first-order valence-electron chi connectivity index (χ1n) is 8.07. The Balaban J connectivity index is 2.08. The average Bonchev–Trinajstić information content (AvgIpc) is 2.64. The highest BCUT2D eigenvalue weighted by atomic mass is 16.6. The fourth-order valence-corrected chi connectivity index (χ4v) is 2.94. The van der Waals surface area contributed by atoms with Crippen molar-refractivity contribution in [1.29, 1.82) is 0 Å². The highest BCUT2D eigenvalue weighted by Gasteiger charge is 2.26. The summed E-state index contributed by atoms with van der Waals surface area (Å²) < 4.78 is 0. The summed E-state index contributed by atoms with van der Waals surface area (Å²) in [5, 5.41) is 23.1. The monoisotopic (exact) mass is 348 g/mol. The Kier molecular flexibility index (Phi) is 5.03. The lowest BCUT2D eigenvalue weighted by molar-refractivity contribution is -0.395. The summed E-state index contributed by atoms with van der Waals surface area (Å²) >= 11 is 0. The van der Waals surface area contributed by atoms with Crippen LogP contribution in [-0.4, -0.2) is 9.85 Å². The van der Waals surface area contributed by atoms with Gasteiger partial charge in [0.1, 0.15) is 5.56 Å². The van der Waals surface area contributed by atoms with Crippen LogP contribution in [0.3, 0.4) is 0 Å². The van der Waals surface area contributed by atoms with Crippen molar-refractivity contribution in [2.45, 2.75) is 12.8 Å². The van der Waals surface area contributed by atoms with Crippen LogP contribution in [0, 0.1) is 20.2 Å². The van der Waals surface area contributed by atoms with E-state index >= 15 is 0 Å². The van der Waals surface area contributed by atoms with Gasteiger partial charge >= 0.3 is 0 Å². The Morgan fingerprint density at radius 2 is 1.04 bits per heavy atom. The Hall–Kier alpha value is -3.54. The van der Waals surface area contributed by atoms with E-state index in [1.807, 2.05) is 36.4 Å². The van der Waals surface area contributed by atoms with Gasteiger partial charge in [-0.25, -0.2) is 0 Å². The zero-order chi connectivity index (χ0) is 18.5. The lowest BCUT2D eigenvalue weighted by Crippen LogP contribution is -2.04. The zero-order valence-corrected chi connectivity index (χ0v) is 13.9. The van der Waals surface area contributed by atoms with E-state index in [9.17, 15) is 20.2 Å². The van der Waals surface area contributed by atoms with E-state index in [0.717, 1.165) is 11.1 Å². The van der Waals surface area contributed by atoms with Gasteiger partial charge in [-0.1, -0.05) is 60.7 Å². The van der Waals surface area contributed by atoms with Gasteiger partial charge in [-0.3, -0.25) is 20.2 Å². The van der Waals surface area contributed by atoms with Gasteiger partial charge in [0.25, 0.3) is 11.4 Å². The number of nitro groups is 2. The molecule has 26 heavy (non-hydrogen) atoms. The zero-order valence-electron chi connectivity index (χ0n) is 13.9. The molecule has 6 nitrogen and oxygen atoms in total. The molecule has 0 aliphatic heterocycles. The van der Waals surface area contributed by atoms with Gasteiger partial charge in [-0.2, -0.15) is 0 Å². The van der Waals surface area contributed by atoms with E-state index in [-0.39, 0.29) is 23.4 Å². The van der Waals surface area contributed by atoms with Gasteiger partial charge in [-0.05, 0) is 23.1 Å². The second-order valence-corrected chi connectivity index (χ2v) is 5.95. The maximum Gasteiger partial charge on any atom is 0.280 e. The largest absolute Gasteiger partial charge is 0.280 e. The molecule has 0 aliphatic rings. The summed E-state index contributed by atoms with van der Waals surface area (Å²) in [4.78, 5) is 22.1. The third-order valence-corrected chi connectivity index (χ3v) is 4.13. The Morgan fingerprint density at radius 1 is 0.615 bits per heavy atom. The van der Waals surface area contributed by atoms with Gasteiger partial charge in [-0.15, -0.1) is 0 Å². The highest BCUT2D eigenvalue weighted by Crippen LogP contribution is 2.33. The van der Waals surface area contributed by atoms with Gasteiger partial charge in [0.15, 0.2) is 0 Å². The summed E-state index contributed by atoms with van der Waals surface area (Å²) in [6.45, 7) is 0. The van der Waals surface area contributed by atoms with Crippen molar-refractivity contribution < 1.29 is 9.85 Å². The number of nitrogens with zero attached hydrogens (tertiary/aromatic N) is 2. The topological polar surface area (TPSA) is 86.3 Å². The maximum atomic E-state index is 11.6. The minimum Gasteiger partial charge on any atom is -0.258 e. The third kappa shape index (κ3) is 3.92. The van der Waals surface area contributed by atoms with Crippen LogP contribution in [0.2, 0.25) is 0 Å². The molecule has 0 aliphatic carbocycles. The number of rotatable bonds is 6. The number of benzene rings is 3. The maximum absolute atomic E-state index is 11.6. The molecular formula is C20H16N2O4. The Labute approximate surface area is 150 Å². The van der Waals surface area contributed by atoms with Gasteiger partial charge < -0.3 is 0 Å². The SMILES string of the molecule is O=[N+]([O-])c1cc(Cc2ccccc2)cc([N+](=O)[O-])c1Cc1ccccc1. The van der Waals surface area contributed by atoms with Crippen molar-refractivity contribution in [3.8, 4) is 0 Å². The molecular weight excluding hydrogens is 332 g/mol. The first kappa shape index (κ1) is 17.3. The Bertz CT molecular complexity index is 906. The van der Waals surface area contributed by atoms with Gasteiger partial charge in [0.2, 0.25) is 0 Å². The van der Waals surface area contributed by atoms with E-state index < -0.39 is 9.85 Å². The molecule has 0 aromatic heterocycles. The van der Waals surface area contributed by atoms with E-state index in [1.54, 1.807) is 24.3 Å². The second kappa shape index (κ2) is 7.57. The van der Waals surface area contributed by atoms with Crippen LogP contribution in [0.15, 0.2) is 72.8 Å². The van der Waals surface area contributed by atoms with E-state index in [2.05, 4.69) is 0 Å². The quantitative estimate of drug-likeness (QED) is 0.478. The van der Waals surface area contributed by atoms with Crippen LogP contribution in [0.4, 0.5) is 11.4 Å². The van der Waals surface area contributed by atoms with Crippen molar-refractivity contribution >= 4 is 11.4 Å². The van der Waals surface area contributed by atoms with Crippen LogP contribution >= 0.6 is 0 Å². The lowest BCUT2D eigenvalue weighted by Gasteiger charge is -2.08. The van der Waals surface area contributed by atoms with Crippen LogP contribution in [0.1, 0.15) is 22.3 Å². The normalized spacial score (nSPS) is 10.5. The summed E-state index contributed by atoms with van der Waals surface area (Å²) in [5.74, 6) is 0. The fraction of sp³-hybridized carbons (Fsp3) is 0.100. The number of nitro benzene ring substituents is 2. The molecule has 0 amide bonds. The standard InChI is InChI=1S/C20H16N2O4/c23-21(24)19-13-17(11-15-7-3-1-4-8-15)14-20(22(25)26)18(19)12-16-9-5-2-6-10-16/h1-10,13-14H,11-12H2. The molecule has 3 aromatic carbocycles. The van der Waals surface area contributed by atoms with Crippen molar-refractivity contribution in [2.24, 2.45) is 0 Å². The molecule has 0 spiro atoms. The highest BCUT2D eigenvalue weighted by molar-refractivity contribution is 5.58. The summed E-state index contributed by atoms with van der Waals surface area (Å²) in [7, 11) is 0. The average molecular weight is 348 g/mol. The third-order valence-electron chi connectivity index (χ3n) is 4.13. The van der Waals surface area contributed by atoms with Crippen molar-refractivity contribution in [3.05, 3.63) is 115 Å².